The van der Waals surface area contributed by atoms with Crippen LogP contribution in [0.4, 0.5) is 0 Å². The molecule has 0 aromatic heterocycles. The molecule has 0 spiro atoms. The maximum atomic E-state index is 9.25. The van der Waals surface area contributed by atoms with Gasteiger partial charge >= 0.3 is 29.6 Å². The topological polar surface area (TPSA) is 58.6 Å². The molecule has 1 atom stereocenters. The van der Waals surface area contributed by atoms with Crippen LogP contribution in [0.5, 0.6) is 0 Å². The summed E-state index contributed by atoms with van der Waals surface area (Å²) in [5, 5.41) is 0. The van der Waals surface area contributed by atoms with Crippen molar-refractivity contribution in [2.45, 2.75) is 0 Å². The molecule has 0 aliphatic rings. The minimum atomic E-state index is -2.54. The minimum absolute atomic E-state index is 0. The number of rotatable bonds is 2. The van der Waals surface area contributed by atoms with E-state index in [1.165, 1.54) is 0 Å². The first-order valence-electron chi connectivity index (χ1n) is 1.07. The summed E-state index contributed by atoms with van der Waals surface area (Å²) >= 11 is -2.54. The third-order valence-corrected chi connectivity index (χ3v) is 0.371. The fourth-order valence-electron chi connectivity index (χ4n) is 0.0556. The molecule has 0 saturated heterocycles. The van der Waals surface area contributed by atoms with Crippen LogP contribution in [0.3, 0.4) is 0 Å². The van der Waals surface area contributed by atoms with Gasteiger partial charge in [-0.1, -0.05) is 0 Å². The first-order valence-corrected chi connectivity index (χ1v) is 2.07. The average Bonchev–Trinajstić information content (AvgIpc) is 1.35. The van der Waals surface area contributed by atoms with Gasteiger partial charge in [0.05, 0.1) is 7.11 Å². The Hall–Kier alpha value is 1.03. The summed E-state index contributed by atoms with van der Waals surface area (Å²) in [6.07, 6.45) is 0. The molecular formula is CH3NaO4S. The van der Waals surface area contributed by atoms with Gasteiger partial charge in [-0.15, -0.1) is 4.33 Å². The van der Waals surface area contributed by atoms with Crippen molar-refractivity contribution < 1.29 is 47.5 Å². The Morgan fingerprint density at radius 3 is 2.14 bits per heavy atom. The third-order valence-electron chi connectivity index (χ3n) is 0.124. The van der Waals surface area contributed by atoms with Gasteiger partial charge in [-0.3, -0.25) is 0 Å². The Kier molecular flexibility index (Phi) is 11.0. The van der Waals surface area contributed by atoms with Crippen molar-refractivity contribution in [1.29, 1.82) is 0 Å². The Labute approximate surface area is 65.9 Å². The molecule has 7 heavy (non-hydrogen) atoms. The Balaban J connectivity index is 0. The summed E-state index contributed by atoms with van der Waals surface area (Å²) in [6, 6.07) is 0. The van der Waals surface area contributed by atoms with Gasteiger partial charge in [-0.25, -0.2) is 9.10 Å². The zero-order valence-electron chi connectivity index (χ0n) is 4.04. The molecule has 0 aromatic carbocycles. The van der Waals surface area contributed by atoms with E-state index in [1.54, 1.807) is 0 Å². The Morgan fingerprint density at radius 1 is 1.71 bits per heavy atom. The summed E-state index contributed by atoms with van der Waals surface area (Å²) in [5.74, 6) is 0. The van der Waals surface area contributed by atoms with Crippen molar-refractivity contribution in [1.82, 2.24) is 0 Å². The summed E-state index contributed by atoms with van der Waals surface area (Å²) in [4.78, 5) is 3.69. The maximum Gasteiger partial charge on any atom is 1.00 e. The largest absolute Gasteiger partial charge is 1.00 e. The van der Waals surface area contributed by atoms with Gasteiger partial charge in [0, 0.05) is 0 Å². The van der Waals surface area contributed by atoms with Gasteiger partial charge in [0.25, 0.3) is 0 Å². The van der Waals surface area contributed by atoms with Crippen molar-refractivity contribution in [3.8, 4) is 0 Å². The van der Waals surface area contributed by atoms with Crippen LogP contribution in [0.25, 0.3) is 0 Å². The fourth-order valence-corrected chi connectivity index (χ4v) is 0.167. The second kappa shape index (κ2) is 7.03. The Morgan fingerprint density at radius 2 is 2.14 bits per heavy atom. The molecule has 0 heterocycles. The summed E-state index contributed by atoms with van der Waals surface area (Å²) in [5.41, 5.74) is 0. The van der Waals surface area contributed by atoms with Crippen molar-refractivity contribution >= 4 is 11.4 Å². The normalized spacial score (nSPS) is 12.3. The van der Waals surface area contributed by atoms with Crippen LogP contribution in [0, 0.1) is 0 Å². The molecule has 4 nitrogen and oxygen atoms in total. The SMILES string of the molecule is COOS(=O)[O-].[Na+]. The second-order valence-corrected chi connectivity index (χ2v) is 0.983. The number of hydrogen-bond acceptors (Lipinski definition) is 4. The zero-order valence-corrected chi connectivity index (χ0v) is 6.86. The summed E-state index contributed by atoms with van der Waals surface area (Å²) in [7, 11) is 1.11. The third kappa shape index (κ3) is 11.0. The van der Waals surface area contributed by atoms with Gasteiger partial charge in [-0.2, -0.15) is 0 Å². The molecule has 0 aliphatic carbocycles. The molecule has 0 rings (SSSR count). The smallest absolute Gasteiger partial charge is 0.748 e. The average molecular weight is 134 g/mol. The fraction of sp³-hybridized carbons (Fsp3) is 1.00. The molecule has 0 aromatic rings. The molecule has 1 unspecified atom stereocenters. The molecule has 0 bridgehead atoms. The zero-order chi connectivity index (χ0) is 4.99. The molecule has 0 aliphatic heterocycles. The maximum absolute atomic E-state index is 9.25. The van der Waals surface area contributed by atoms with E-state index in [1.807, 2.05) is 0 Å². The van der Waals surface area contributed by atoms with E-state index < -0.39 is 11.4 Å². The van der Waals surface area contributed by atoms with E-state index in [9.17, 15) is 8.76 Å². The standard InChI is InChI=1S/CH4O4S.Na/c1-4-5-6(2)3;/h1H3,(H,2,3);/q;+1/p-1. The number of hydrogen-bond donors (Lipinski definition) is 0. The van der Waals surface area contributed by atoms with Crippen LogP contribution < -0.4 is 29.6 Å². The predicted molar refractivity (Wildman–Crippen MR) is 17.0 cm³/mol. The van der Waals surface area contributed by atoms with Crippen LogP contribution >= 0.6 is 0 Å². The summed E-state index contributed by atoms with van der Waals surface area (Å²) in [6.45, 7) is 0. The van der Waals surface area contributed by atoms with Gasteiger partial charge in [-0.05, 0) is 0 Å². The van der Waals surface area contributed by atoms with E-state index in [4.69, 9.17) is 0 Å². The van der Waals surface area contributed by atoms with Gasteiger partial charge < -0.3 is 4.55 Å². The van der Waals surface area contributed by atoms with Crippen molar-refractivity contribution in [3.05, 3.63) is 0 Å². The molecular weight excluding hydrogens is 131 g/mol. The second-order valence-electron chi connectivity index (χ2n) is 0.439. The minimum Gasteiger partial charge on any atom is -0.748 e. The van der Waals surface area contributed by atoms with Crippen LogP contribution in [-0.2, 0) is 20.6 Å². The first-order chi connectivity index (χ1) is 2.77. The van der Waals surface area contributed by atoms with E-state index >= 15 is 0 Å². The van der Waals surface area contributed by atoms with Crippen molar-refractivity contribution in [2.24, 2.45) is 0 Å². The van der Waals surface area contributed by atoms with Crippen LogP contribution in [-0.4, -0.2) is 15.9 Å². The first kappa shape index (κ1) is 10.9. The van der Waals surface area contributed by atoms with Crippen LogP contribution in [0.15, 0.2) is 0 Å². The molecule has 0 saturated carbocycles. The van der Waals surface area contributed by atoms with Crippen molar-refractivity contribution in [3.63, 3.8) is 0 Å². The van der Waals surface area contributed by atoms with Gasteiger partial charge in [0.15, 0.2) is 0 Å². The molecule has 0 amide bonds. The Bertz CT molecular complexity index is 55.7. The quantitative estimate of drug-likeness (QED) is 0.169. The van der Waals surface area contributed by atoms with E-state index in [0.29, 0.717) is 0 Å². The predicted octanol–water partition coefficient (Wildman–Crippen LogP) is -3.64. The van der Waals surface area contributed by atoms with Crippen molar-refractivity contribution in [2.75, 3.05) is 7.11 Å². The van der Waals surface area contributed by atoms with E-state index in [-0.39, 0.29) is 29.6 Å². The van der Waals surface area contributed by atoms with E-state index in [2.05, 4.69) is 9.22 Å². The molecule has 38 valence electrons. The molecule has 0 radical (unpaired) electrons. The van der Waals surface area contributed by atoms with E-state index in [0.717, 1.165) is 7.11 Å². The summed E-state index contributed by atoms with van der Waals surface area (Å²) < 4.78 is 22.0. The van der Waals surface area contributed by atoms with Gasteiger partial charge in [0.2, 0.25) is 0 Å². The van der Waals surface area contributed by atoms with Crippen LogP contribution in [0.2, 0.25) is 0 Å². The monoisotopic (exact) mass is 134 g/mol. The molecule has 0 fully saturated rings. The molecule has 0 N–H and O–H groups in total. The molecule has 6 heteroatoms. The van der Waals surface area contributed by atoms with Crippen LogP contribution in [0.1, 0.15) is 0 Å². The van der Waals surface area contributed by atoms with Gasteiger partial charge in [0.1, 0.15) is 11.4 Å².